The Balaban J connectivity index is 1.55. The first kappa shape index (κ1) is 14.8. The van der Waals surface area contributed by atoms with Crippen LogP contribution in [0.3, 0.4) is 0 Å². The highest BCUT2D eigenvalue weighted by molar-refractivity contribution is 5.60. The molecule has 1 aliphatic heterocycles. The normalized spacial score (nSPS) is 14.3. The van der Waals surface area contributed by atoms with Gasteiger partial charge in [-0.15, -0.1) is 0 Å². The van der Waals surface area contributed by atoms with Crippen molar-refractivity contribution in [1.82, 2.24) is 15.1 Å². The van der Waals surface area contributed by atoms with E-state index in [0.29, 0.717) is 18.3 Å². The van der Waals surface area contributed by atoms with Crippen molar-refractivity contribution >= 4 is 5.82 Å². The standard InChI is InChI=1S/C18H19N5O/c19-11-13-3-5-14(6-4-13)17-21-18(24-22-17)15-7-8-16(20-12-15)23-9-1-2-10-23/h3-8,12H,1-2,9-11,19H2. The molecule has 122 valence electrons. The molecule has 3 heterocycles. The first-order valence-electron chi connectivity index (χ1n) is 8.18. The van der Waals surface area contributed by atoms with Crippen molar-refractivity contribution in [3.05, 3.63) is 48.2 Å². The van der Waals surface area contributed by atoms with Gasteiger partial charge in [0.2, 0.25) is 5.82 Å². The summed E-state index contributed by atoms with van der Waals surface area (Å²) in [4.78, 5) is 11.3. The zero-order valence-corrected chi connectivity index (χ0v) is 13.4. The van der Waals surface area contributed by atoms with E-state index < -0.39 is 0 Å². The minimum atomic E-state index is 0.480. The van der Waals surface area contributed by atoms with Gasteiger partial charge in [0.05, 0.1) is 5.56 Å². The first-order chi connectivity index (χ1) is 11.8. The van der Waals surface area contributed by atoms with E-state index in [1.807, 2.05) is 36.4 Å². The fraction of sp³-hybridized carbons (Fsp3) is 0.278. The topological polar surface area (TPSA) is 81.1 Å². The van der Waals surface area contributed by atoms with Crippen LogP contribution in [0.4, 0.5) is 5.82 Å². The summed E-state index contributed by atoms with van der Waals surface area (Å²) in [5.74, 6) is 2.05. The molecule has 1 aliphatic rings. The van der Waals surface area contributed by atoms with Crippen molar-refractivity contribution in [1.29, 1.82) is 0 Å². The van der Waals surface area contributed by atoms with Crippen molar-refractivity contribution < 1.29 is 4.52 Å². The molecule has 1 saturated heterocycles. The molecule has 0 unspecified atom stereocenters. The van der Waals surface area contributed by atoms with E-state index in [-0.39, 0.29) is 0 Å². The molecule has 2 aromatic heterocycles. The number of hydrogen-bond acceptors (Lipinski definition) is 6. The summed E-state index contributed by atoms with van der Waals surface area (Å²) in [6.07, 6.45) is 4.27. The second kappa shape index (κ2) is 6.41. The van der Waals surface area contributed by atoms with Crippen molar-refractivity contribution in [3.63, 3.8) is 0 Å². The average Bonchev–Trinajstić information content (AvgIpc) is 3.34. The maximum atomic E-state index is 5.62. The maximum Gasteiger partial charge on any atom is 0.259 e. The van der Waals surface area contributed by atoms with Gasteiger partial charge in [-0.2, -0.15) is 4.98 Å². The third-order valence-corrected chi connectivity index (χ3v) is 4.30. The number of pyridine rings is 1. The monoisotopic (exact) mass is 321 g/mol. The van der Waals surface area contributed by atoms with E-state index in [1.165, 1.54) is 12.8 Å². The molecule has 0 spiro atoms. The lowest BCUT2D eigenvalue weighted by molar-refractivity contribution is 0.432. The fourth-order valence-corrected chi connectivity index (χ4v) is 2.89. The molecule has 0 aliphatic carbocycles. The molecule has 3 aromatic rings. The molecule has 0 bridgehead atoms. The average molecular weight is 321 g/mol. The number of nitrogens with two attached hydrogens (primary N) is 1. The summed E-state index contributed by atoms with van der Waals surface area (Å²) in [5.41, 5.74) is 8.42. The van der Waals surface area contributed by atoms with E-state index >= 15 is 0 Å². The van der Waals surface area contributed by atoms with Crippen molar-refractivity contribution in [2.75, 3.05) is 18.0 Å². The molecule has 1 aromatic carbocycles. The van der Waals surface area contributed by atoms with Crippen LogP contribution in [-0.2, 0) is 6.54 Å². The number of benzene rings is 1. The highest BCUT2D eigenvalue weighted by atomic mass is 16.5. The smallest absolute Gasteiger partial charge is 0.259 e. The van der Waals surface area contributed by atoms with Crippen molar-refractivity contribution in [2.24, 2.45) is 5.73 Å². The van der Waals surface area contributed by atoms with Crippen LogP contribution in [0.5, 0.6) is 0 Å². The number of aromatic nitrogens is 3. The Morgan fingerprint density at radius 1 is 1.00 bits per heavy atom. The number of rotatable bonds is 4. The van der Waals surface area contributed by atoms with Crippen LogP contribution in [0.25, 0.3) is 22.8 Å². The van der Waals surface area contributed by atoms with Gasteiger partial charge >= 0.3 is 0 Å². The molecule has 0 atom stereocenters. The summed E-state index contributed by atoms with van der Waals surface area (Å²) in [7, 11) is 0. The molecule has 6 nitrogen and oxygen atoms in total. The zero-order valence-electron chi connectivity index (χ0n) is 13.4. The molecule has 24 heavy (non-hydrogen) atoms. The van der Waals surface area contributed by atoms with Crippen LogP contribution in [0.15, 0.2) is 47.1 Å². The van der Waals surface area contributed by atoms with Crippen molar-refractivity contribution in [3.8, 4) is 22.8 Å². The van der Waals surface area contributed by atoms with Crippen molar-refractivity contribution in [2.45, 2.75) is 19.4 Å². The largest absolute Gasteiger partial charge is 0.357 e. The Morgan fingerprint density at radius 2 is 1.75 bits per heavy atom. The molecule has 0 radical (unpaired) electrons. The zero-order chi connectivity index (χ0) is 16.4. The van der Waals surface area contributed by atoms with Gasteiger partial charge in [0.15, 0.2) is 0 Å². The lowest BCUT2D eigenvalue weighted by Gasteiger charge is -2.15. The molecule has 1 fully saturated rings. The van der Waals surface area contributed by atoms with Crippen LogP contribution in [0.2, 0.25) is 0 Å². The summed E-state index contributed by atoms with van der Waals surface area (Å²) in [6.45, 7) is 2.68. The first-order valence-corrected chi connectivity index (χ1v) is 8.18. The highest BCUT2D eigenvalue weighted by Crippen LogP contribution is 2.24. The third kappa shape index (κ3) is 2.88. The Labute approximate surface area is 140 Å². The molecular weight excluding hydrogens is 302 g/mol. The van der Waals surface area contributed by atoms with Crippen LogP contribution >= 0.6 is 0 Å². The van der Waals surface area contributed by atoms with E-state index in [2.05, 4.69) is 20.0 Å². The fourth-order valence-electron chi connectivity index (χ4n) is 2.89. The van der Waals surface area contributed by atoms with E-state index in [0.717, 1.165) is 35.6 Å². The van der Waals surface area contributed by atoms with Gasteiger partial charge < -0.3 is 15.2 Å². The number of nitrogens with zero attached hydrogens (tertiary/aromatic N) is 4. The minimum Gasteiger partial charge on any atom is -0.357 e. The van der Waals surface area contributed by atoms with Gasteiger partial charge in [-0.25, -0.2) is 4.98 Å². The van der Waals surface area contributed by atoms with E-state index in [1.54, 1.807) is 6.20 Å². The number of hydrogen-bond donors (Lipinski definition) is 1. The van der Waals surface area contributed by atoms with Gasteiger partial charge in [0.1, 0.15) is 5.82 Å². The van der Waals surface area contributed by atoms with Gasteiger partial charge in [0.25, 0.3) is 5.89 Å². The summed E-state index contributed by atoms with van der Waals surface area (Å²) >= 11 is 0. The molecule has 6 heteroatoms. The second-order valence-electron chi connectivity index (χ2n) is 5.92. The third-order valence-electron chi connectivity index (χ3n) is 4.30. The Kier molecular flexibility index (Phi) is 3.96. The minimum absolute atomic E-state index is 0.480. The second-order valence-corrected chi connectivity index (χ2v) is 5.92. The molecule has 0 amide bonds. The van der Waals surface area contributed by atoms with Gasteiger partial charge in [0, 0.05) is 31.4 Å². The van der Waals surface area contributed by atoms with Crippen LogP contribution in [0.1, 0.15) is 18.4 Å². The predicted molar refractivity (Wildman–Crippen MR) is 92.3 cm³/mol. The molecule has 0 saturated carbocycles. The van der Waals surface area contributed by atoms with E-state index in [4.69, 9.17) is 10.3 Å². The summed E-state index contributed by atoms with van der Waals surface area (Å²) in [6, 6.07) is 11.8. The summed E-state index contributed by atoms with van der Waals surface area (Å²) < 4.78 is 5.39. The quantitative estimate of drug-likeness (QED) is 0.796. The lowest BCUT2D eigenvalue weighted by Crippen LogP contribution is -2.18. The summed E-state index contributed by atoms with van der Waals surface area (Å²) in [5, 5.41) is 4.06. The van der Waals surface area contributed by atoms with Gasteiger partial charge in [-0.05, 0) is 30.5 Å². The Bertz CT molecular complexity index is 804. The van der Waals surface area contributed by atoms with Gasteiger partial charge in [-0.1, -0.05) is 29.4 Å². The molecule has 2 N–H and O–H groups in total. The molecular formula is C18H19N5O. The van der Waals surface area contributed by atoms with Crippen LogP contribution < -0.4 is 10.6 Å². The Morgan fingerprint density at radius 3 is 2.42 bits per heavy atom. The highest BCUT2D eigenvalue weighted by Gasteiger charge is 2.15. The SMILES string of the molecule is NCc1ccc(-c2noc(-c3ccc(N4CCCC4)nc3)n2)cc1. The number of anilines is 1. The van der Waals surface area contributed by atoms with E-state index in [9.17, 15) is 0 Å². The van der Waals surface area contributed by atoms with Crippen LogP contribution in [-0.4, -0.2) is 28.2 Å². The predicted octanol–water partition coefficient (Wildman–Crippen LogP) is 2.86. The maximum absolute atomic E-state index is 5.62. The lowest BCUT2D eigenvalue weighted by atomic mass is 10.1. The molecule has 4 rings (SSSR count). The van der Waals surface area contributed by atoms with Gasteiger partial charge in [-0.3, -0.25) is 0 Å². The Hall–Kier alpha value is -2.73. The van der Waals surface area contributed by atoms with Crippen LogP contribution in [0, 0.1) is 0 Å².